The molecule has 2 amide bonds. The highest BCUT2D eigenvalue weighted by Gasteiger charge is 2.20. The number of hydrogen-bond donors (Lipinski definition) is 2. The van der Waals surface area contributed by atoms with Crippen LogP contribution in [0.2, 0.25) is 0 Å². The Morgan fingerprint density at radius 3 is 2.38 bits per heavy atom. The summed E-state index contributed by atoms with van der Waals surface area (Å²) in [6, 6.07) is 14.1. The predicted molar refractivity (Wildman–Crippen MR) is 131 cm³/mol. The van der Waals surface area contributed by atoms with Gasteiger partial charge in [-0.3, -0.25) is 9.59 Å². The first-order chi connectivity index (χ1) is 16.4. The second-order valence-electron chi connectivity index (χ2n) is 7.88. The van der Waals surface area contributed by atoms with Crippen molar-refractivity contribution in [3.05, 3.63) is 88.5 Å². The normalized spacial score (nSPS) is 12.1. The van der Waals surface area contributed by atoms with Gasteiger partial charge >= 0.3 is 0 Å². The highest BCUT2D eigenvalue weighted by molar-refractivity contribution is 6.05. The molecule has 0 aliphatic carbocycles. The highest BCUT2D eigenvalue weighted by Crippen LogP contribution is 2.27. The Balaban J connectivity index is 1.86. The third-order valence-electron chi connectivity index (χ3n) is 5.62. The molecule has 1 aromatic heterocycles. The van der Waals surface area contributed by atoms with E-state index < -0.39 is 11.8 Å². The van der Waals surface area contributed by atoms with Gasteiger partial charge in [0, 0.05) is 11.6 Å². The fraction of sp³-hybridized carbons (Fsp3) is 0.259. The summed E-state index contributed by atoms with van der Waals surface area (Å²) < 4.78 is 15.9. The minimum Gasteiger partial charge on any atom is -0.493 e. The first-order valence-electron chi connectivity index (χ1n) is 11.0. The van der Waals surface area contributed by atoms with E-state index in [1.807, 2.05) is 32.9 Å². The van der Waals surface area contributed by atoms with Crippen LogP contribution >= 0.6 is 0 Å². The summed E-state index contributed by atoms with van der Waals surface area (Å²) in [5.74, 6) is 0.472. The van der Waals surface area contributed by atoms with Crippen molar-refractivity contribution in [1.82, 2.24) is 10.6 Å². The van der Waals surface area contributed by atoms with Crippen LogP contribution < -0.4 is 20.1 Å². The number of amides is 2. The van der Waals surface area contributed by atoms with E-state index in [1.54, 1.807) is 30.3 Å². The molecule has 2 N–H and O–H groups in total. The summed E-state index contributed by atoms with van der Waals surface area (Å²) in [7, 11) is 3.01. The SMILES string of the molecule is CCC(NC(=O)/C(=C/c1ccco1)NC(=O)c1ccc(OC)c(OC)c1)c1ccc(C)c(C)c1. The average molecular weight is 463 g/mol. The lowest BCUT2D eigenvalue weighted by Crippen LogP contribution is -2.36. The van der Waals surface area contributed by atoms with Crippen molar-refractivity contribution in [2.75, 3.05) is 14.2 Å². The van der Waals surface area contributed by atoms with E-state index >= 15 is 0 Å². The minimum atomic E-state index is -0.465. The molecule has 178 valence electrons. The Bertz CT molecular complexity index is 1180. The monoisotopic (exact) mass is 462 g/mol. The van der Waals surface area contributed by atoms with Gasteiger partial charge < -0.3 is 24.5 Å². The van der Waals surface area contributed by atoms with Crippen molar-refractivity contribution >= 4 is 17.9 Å². The lowest BCUT2D eigenvalue weighted by molar-refractivity contribution is -0.118. The third kappa shape index (κ3) is 5.86. The zero-order chi connectivity index (χ0) is 24.7. The van der Waals surface area contributed by atoms with Gasteiger partial charge in [0.05, 0.1) is 26.5 Å². The van der Waals surface area contributed by atoms with Crippen LogP contribution in [0.1, 0.15) is 52.2 Å². The molecule has 0 saturated carbocycles. The molecule has 0 fully saturated rings. The van der Waals surface area contributed by atoms with Gasteiger partial charge in [0.2, 0.25) is 0 Å². The fourth-order valence-corrected chi connectivity index (χ4v) is 3.48. The van der Waals surface area contributed by atoms with Gasteiger partial charge in [0.1, 0.15) is 11.5 Å². The van der Waals surface area contributed by atoms with E-state index in [9.17, 15) is 9.59 Å². The van der Waals surface area contributed by atoms with E-state index in [1.165, 1.54) is 32.1 Å². The van der Waals surface area contributed by atoms with E-state index in [0.717, 1.165) is 11.1 Å². The van der Waals surface area contributed by atoms with Gasteiger partial charge in [-0.25, -0.2) is 0 Å². The number of hydrogen-bond acceptors (Lipinski definition) is 5. The molecule has 1 atom stereocenters. The van der Waals surface area contributed by atoms with Gasteiger partial charge in [-0.15, -0.1) is 0 Å². The maximum Gasteiger partial charge on any atom is 0.268 e. The van der Waals surface area contributed by atoms with E-state index in [2.05, 4.69) is 16.7 Å². The predicted octanol–water partition coefficient (Wildman–Crippen LogP) is 4.95. The maximum atomic E-state index is 13.3. The van der Waals surface area contributed by atoms with E-state index in [-0.39, 0.29) is 11.7 Å². The summed E-state index contributed by atoms with van der Waals surface area (Å²) >= 11 is 0. The number of nitrogens with one attached hydrogen (secondary N) is 2. The molecule has 0 aliphatic rings. The summed E-state index contributed by atoms with van der Waals surface area (Å²) in [5.41, 5.74) is 3.72. The number of carbonyl (C=O) groups is 2. The quantitative estimate of drug-likeness (QED) is 0.439. The van der Waals surface area contributed by atoms with Crippen LogP contribution in [-0.2, 0) is 4.79 Å². The Morgan fingerprint density at radius 1 is 1.00 bits per heavy atom. The molecule has 1 heterocycles. The standard InChI is InChI=1S/C27H30N2O5/c1-6-22(19-10-9-17(2)18(3)14-19)28-27(31)23(16-21-8-7-13-34-21)29-26(30)20-11-12-24(32-4)25(15-20)33-5/h7-16,22H,6H2,1-5H3,(H,28,31)(H,29,30)/b23-16-. The molecular formula is C27H30N2O5. The number of methoxy groups -OCH3 is 2. The second-order valence-corrected chi connectivity index (χ2v) is 7.88. The Hall–Kier alpha value is -4.00. The van der Waals surface area contributed by atoms with Gasteiger partial charge in [-0.05, 0) is 67.3 Å². The van der Waals surface area contributed by atoms with Gasteiger partial charge in [0.25, 0.3) is 11.8 Å². The summed E-state index contributed by atoms with van der Waals surface area (Å²) in [6.07, 6.45) is 3.69. The number of aryl methyl sites for hydroxylation is 2. The molecule has 0 spiro atoms. The van der Waals surface area contributed by atoms with Crippen LogP contribution in [0.15, 0.2) is 64.9 Å². The molecule has 2 aromatic carbocycles. The number of rotatable bonds is 9. The molecule has 3 rings (SSSR count). The van der Waals surface area contributed by atoms with E-state index in [0.29, 0.717) is 29.2 Å². The second kappa shape index (κ2) is 11.2. The van der Waals surface area contributed by atoms with Gasteiger partial charge in [-0.2, -0.15) is 0 Å². The van der Waals surface area contributed by atoms with Crippen molar-refractivity contribution in [3.8, 4) is 11.5 Å². The maximum absolute atomic E-state index is 13.3. The molecular weight excluding hydrogens is 432 g/mol. The molecule has 0 saturated heterocycles. The minimum absolute atomic E-state index is 0.0667. The largest absolute Gasteiger partial charge is 0.493 e. The molecule has 34 heavy (non-hydrogen) atoms. The van der Waals surface area contributed by atoms with Crippen LogP contribution in [0, 0.1) is 13.8 Å². The van der Waals surface area contributed by atoms with Crippen molar-refractivity contribution in [2.24, 2.45) is 0 Å². The van der Waals surface area contributed by atoms with Crippen LogP contribution in [0.3, 0.4) is 0 Å². The number of furan rings is 1. The molecule has 7 heteroatoms. The Morgan fingerprint density at radius 2 is 1.76 bits per heavy atom. The van der Waals surface area contributed by atoms with Crippen LogP contribution in [-0.4, -0.2) is 26.0 Å². The fourth-order valence-electron chi connectivity index (χ4n) is 3.48. The van der Waals surface area contributed by atoms with Crippen molar-refractivity contribution in [3.63, 3.8) is 0 Å². The first kappa shape index (κ1) is 24.6. The Labute approximate surface area is 199 Å². The van der Waals surface area contributed by atoms with Crippen molar-refractivity contribution < 1.29 is 23.5 Å². The molecule has 0 radical (unpaired) electrons. The van der Waals surface area contributed by atoms with Crippen LogP contribution in [0.25, 0.3) is 6.08 Å². The van der Waals surface area contributed by atoms with Crippen LogP contribution in [0.4, 0.5) is 0 Å². The lowest BCUT2D eigenvalue weighted by atomic mass is 9.99. The average Bonchev–Trinajstić information content (AvgIpc) is 3.36. The third-order valence-corrected chi connectivity index (χ3v) is 5.62. The van der Waals surface area contributed by atoms with Crippen LogP contribution in [0.5, 0.6) is 11.5 Å². The number of benzene rings is 2. The molecule has 1 unspecified atom stereocenters. The van der Waals surface area contributed by atoms with Gasteiger partial charge in [0.15, 0.2) is 11.5 Å². The zero-order valence-electron chi connectivity index (χ0n) is 20.1. The van der Waals surface area contributed by atoms with Gasteiger partial charge in [-0.1, -0.05) is 25.1 Å². The van der Waals surface area contributed by atoms with Crippen molar-refractivity contribution in [2.45, 2.75) is 33.2 Å². The first-order valence-corrected chi connectivity index (χ1v) is 11.0. The summed E-state index contributed by atoms with van der Waals surface area (Å²) in [5, 5.41) is 5.75. The summed E-state index contributed by atoms with van der Waals surface area (Å²) in [6.45, 7) is 6.09. The highest BCUT2D eigenvalue weighted by atomic mass is 16.5. The van der Waals surface area contributed by atoms with E-state index in [4.69, 9.17) is 13.9 Å². The lowest BCUT2D eigenvalue weighted by Gasteiger charge is -2.20. The number of carbonyl (C=O) groups excluding carboxylic acids is 2. The molecule has 0 aliphatic heterocycles. The summed E-state index contributed by atoms with van der Waals surface area (Å²) in [4.78, 5) is 26.3. The topological polar surface area (TPSA) is 89.8 Å². The van der Waals surface area contributed by atoms with Crippen molar-refractivity contribution in [1.29, 1.82) is 0 Å². The smallest absolute Gasteiger partial charge is 0.268 e. The Kier molecular flexibility index (Phi) is 8.14. The molecule has 3 aromatic rings. The number of ether oxygens (including phenoxy) is 2. The zero-order valence-corrected chi connectivity index (χ0v) is 20.1. The molecule has 0 bridgehead atoms. The molecule has 7 nitrogen and oxygen atoms in total.